The van der Waals surface area contributed by atoms with Gasteiger partial charge in [-0.2, -0.15) is 0 Å². The molecule has 1 aromatic carbocycles. The second kappa shape index (κ2) is 7.80. The summed E-state index contributed by atoms with van der Waals surface area (Å²) in [5, 5.41) is 3.49. The standard InChI is InChI=1S/C14H17N3.ClH/c1-2-16-14(12-6-4-3-5-7-12)10-13-8-9-15-11-17-13;/h3-9,11,14,16H,2,10H2,1H3;1H. The van der Waals surface area contributed by atoms with Crippen molar-refractivity contribution >= 4 is 12.4 Å². The van der Waals surface area contributed by atoms with Gasteiger partial charge in [0.2, 0.25) is 0 Å². The van der Waals surface area contributed by atoms with Gasteiger partial charge in [-0.15, -0.1) is 12.4 Å². The van der Waals surface area contributed by atoms with Gasteiger partial charge in [0.25, 0.3) is 0 Å². The van der Waals surface area contributed by atoms with Crippen molar-refractivity contribution in [1.82, 2.24) is 15.3 Å². The Labute approximate surface area is 114 Å². The Balaban J connectivity index is 0.00000162. The van der Waals surface area contributed by atoms with Crippen LogP contribution in [0.15, 0.2) is 48.9 Å². The lowest BCUT2D eigenvalue weighted by Gasteiger charge is -2.17. The lowest BCUT2D eigenvalue weighted by atomic mass is 10.0. The maximum atomic E-state index is 4.28. The van der Waals surface area contributed by atoms with Gasteiger partial charge in [0.05, 0.1) is 0 Å². The topological polar surface area (TPSA) is 37.8 Å². The molecule has 0 aliphatic rings. The van der Waals surface area contributed by atoms with Crippen molar-refractivity contribution in [2.45, 2.75) is 19.4 Å². The molecule has 18 heavy (non-hydrogen) atoms. The monoisotopic (exact) mass is 263 g/mol. The number of aromatic nitrogens is 2. The van der Waals surface area contributed by atoms with Crippen molar-refractivity contribution in [2.24, 2.45) is 0 Å². The molecule has 3 nitrogen and oxygen atoms in total. The molecule has 1 atom stereocenters. The van der Waals surface area contributed by atoms with Crippen LogP contribution in [0.4, 0.5) is 0 Å². The normalized spacial score (nSPS) is 11.6. The zero-order valence-corrected chi connectivity index (χ0v) is 11.2. The molecule has 0 amide bonds. The van der Waals surface area contributed by atoms with Gasteiger partial charge in [-0.05, 0) is 18.2 Å². The minimum absolute atomic E-state index is 0. The highest BCUT2D eigenvalue weighted by Gasteiger charge is 2.10. The summed E-state index contributed by atoms with van der Waals surface area (Å²) >= 11 is 0. The predicted octanol–water partition coefficient (Wildman–Crippen LogP) is 2.79. The van der Waals surface area contributed by atoms with Crippen molar-refractivity contribution in [3.63, 3.8) is 0 Å². The van der Waals surface area contributed by atoms with Crippen LogP contribution in [0.1, 0.15) is 24.2 Å². The van der Waals surface area contributed by atoms with Gasteiger partial charge in [-0.3, -0.25) is 0 Å². The first-order valence-electron chi connectivity index (χ1n) is 5.93. The number of hydrogen-bond donors (Lipinski definition) is 1. The molecule has 0 bridgehead atoms. The molecule has 2 rings (SSSR count). The van der Waals surface area contributed by atoms with E-state index in [1.54, 1.807) is 12.5 Å². The number of rotatable bonds is 5. The van der Waals surface area contributed by atoms with E-state index in [1.165, 1.54) is 5.56 Å². The Kier molecular flexibility index (Phi) is 6.33. The molecule has 1 heterocycles. The highest BCUT2D eigenvalue weighted by molar-refractivity contribution is 5.85. The maximum absolute atomic E-state index is 4.28. The summed E-state index contributed by atoms with van der Waals surface area (Å²) in [5.74, 6) is 0. The first-order chi connectivity index (χ1) is 8.40. The third kappa shape index (κ3) is 4.09. The largest absolute Gasteiger partial charge is 0.310 e. The summed E-state index contributed by atoms with van der Waals surface area (Å²) in [6.45, 7) is 3.07. The van der Waals surface area contributed by atoms with E-state index in [4.69, 9.17) is 0 Å². The number of hydrogen-bond acceptors (Lipinski definition) is 3. The molecule has 1 unspecified atom stereocenters. The first kappa shape index (κ1) is 14.6. The van der Waals surface area contributed by atoms with E-state index in [1.807, 2.05) is 12.1 Å². The van der Waals surface area contributed by atoms with E-state index in [-0.39, 0.29) is 12.4 Å². The van der Waals surface area contributed by atoms with Crippen LogP contribution in [-0.4, -0.2) is 16.5 Å². The van der Waals surface area contributed by atoms with Crippen molar-refractivity contribution in [3.05, 3.63) is 60.2 Å². The van der Waals surface area contributed by atoms with Gasteiger partial charge in [-0.25, -0.2) is 9.97 Å². The minimum atomic E-state index is 0. The fraction of sp³-hybridized carbons (Fsp3) is 0.286. The van der Waals surface area contributed by atoms with Gasteiger partial charge >= 0.3 is 0 Å². The van der Waals surface area contributed by atoms with Crippen LogP contribution in [0.2, 0.25) is 0 Å². The predicted molar refractivity (Wildman–Crippen MR) is 75.8 cm³/mol. The summed E-state index contributed by atoms with van der Waals surface area (Å²) in [7, 11) is 0. The van der Waals surface area contributed by atoms with Gasteiger partial charge in [0, 0.05) is 24.4 Å². The zero-order valence-electron chi connectivity index (χ0n) is 10.4. The molecule has 0 fully saturated rings. The average molecular weight is 264 g/mol. The Morgan fingerprint density at radius 3 is 2.56 bits per heavy atom. The average Bonchev–Trinajstić information content (AvgIpc) is 2.40. The van der Waals surface area contributed by atoms with Crippen molar-refractivity contribution in [2.75, 3.05) is 6.54 Å². The molecule has 0 aliphatic carbocycles. The molecule has 0 radical (unpaired) electrons. The van der Waals surface area contributed by atoms with E-state index in [2.05, 4.69) is 46.5 Å². The van der Waals surface area contributed by atoms with Crippen LogP contribution >= 0.6 is 12.4 Å². The Hall–Kier alpha value is -1.45. The quantitative estimate of drug-likeness (QED) is 0.901. The van der Waals surface area contributed by atoms with Crippen LogP contribution in [0.3, 0.4) is 0 Å². The number of nitrogens with zero attached hydrogens (tertiary/aromatic N) is 2. The van der Waals surface area contributed by atoms with Gasteiger partial charge in [0.1, 0.15) is 6.33 Å². The summed E-state index contributed by atoms with van der Waals surface area (Å²) in [4.78, 5) is 8.22. The van der Waals surface area contributed by atoms with E-state index in [0.29, 0.717) is 6.04 Å². The van der Waals surface area contributed by atoms with Gasteiger partial charge in [0.15, 0.2) is 0 Å². The number of nitrogens with one attached hydrogen (secondary N) is 1. The summed E-state index contributed by atoms with van der Waals surface area (Å²) in [6, 6.07) is 12.8. The van der Waals surface area contributed by atoms with Crippen molar-refractivity contribution in [3.8, 4) is 0 Å². The molecule has 96 valence electrons. The fourth-order valence-electron chi connectivity index (χ4n) is 1.89. The third-order valence-corrected chi connectivity index (χ3v) is 2.71. The number of likely N-dealkylation sites (N-methyl/N-ethyl adjacent to an activating group) is 1. The van der Waals surface area contributed by atoms with Crippen LogP contribution in [0.5, 0.6) is 0 Å². The fourth-order valence-corrected chi connectivity index (χ4v) is 1.89. The molecule has 0 spiro atoms. The molecule has 1 aromatic heterocycles. The molecule has 4 heteroatoms. The lowest BCUT2D eigenvalue weighted by molar-refractivity contribution is 0.543. The first-order valence-corrected chi connectivity index (χ1v) is 5.93. The highest BCUT2D eigenvalue weighted by Crippen LogP contribution is 2.16. The van der Waals surface area contributed by atoms with Crippen molar-refractivity contribution < 1.29 is 0 Å². The molecule has 0 saturated carbocycles. The second-order valence-corrected chi connectivity index (χ2v) is 3.93. The van der Waals surface area contributed by atoms with Crippen LogP contribution < -0.4 is 5.32 Å². The number of benzene rings is 1. The molecule has 0 saturated heterocycles. The smallest absolute Gasteiger partial charge is 0.115 e. The highest BCUT2D eigenvalue weighted by atomic mass is 35.5. The molecule has 1 N–H and O–H groups in total. The molecule has 2 aromatic rings. The van der Waals surface area contributed by atoms with Crippen LogP contribution in [0.25, 0.3) is 0 Å². The SMILES string of the molecule is CCNC(Cc1ccncn1)c1ccccc1.Cl. The van der Waals surface area contributed by atoms with Crippen LogP contribution in [-0.2, 0) is 6.42 Å². The molecular weight excluding hydrogens is 246 g/mol. The van der Waals surface area contributed by atoms with E-state index in [0.717, 1.165) is 18.7 Å². The Morgan fingerprint density at radius 2 is 1.94 bits per heavy atom. The van der Waals surface area contributed by atoms with E-state index in [9.17, 15) is 0 Å². The van der Waals surface area contributed by atoms with E-state index < -0.39 is 0 Å². The third-order valence-electron chi connectivity index (χ3n) is 2.71. The van der Waals surface area contributed by atoms with E-state index >= 15 is 0 Å². The minimum Gasteiger partial charge on any atom is -0.310 e. The van der Waals surface area contributed by atoms with Crippen molar-refractivity contribution in [1.29, 1.82) is 0 Å². The molecule has 0 aliphatic heterocycles. The number of halogens is 1. The second-order valence-electron chi connectivity index (χ2n) is 3.93. The zero-order chi connectivity index (χ0) is 11.9. The summed E-state index contributed by atoms with van der Waals surface area (Å²) < 4.78 is 0. The summed E-state index contributed by atoms with van der Waals surface area (Å²) in [6.07, 6.45) is 4.28. The Bertz CT molecular complexity index is 433. The van der Waals surface area contributed by atoms with Gasteiger partial charge < -0.3 is 5.32 Å². The van der Waals surface area contributed by atoms with Gasteiger partial charge in [-0.1, -0.05) is 37.3 Å². The van der Waals surface area contributed by atoms with Crippen LogP contribution in [0, 0.1) is 0 Å². The summed E-state index contributed by atoms with van der Waals surface area (Å²) in [5.41, 5.74) is 2.36. The Morgan fingerprint density at radius 1 is 1.17 bits per heavy atom. The lowest BCUT2D eigenvalue weighted by Crippen LogP contribution is -2.23. The molecular formula is C14H18ClN3. The maximum Gasteiger partial charge on any atom is 0.115 e.